The summed E-state index contributed by atoms with van der Waals surface area (Å²) in [5.74, 6) is 0. The first kappa shape index (κ1) is 13.8. The van der Waals surface area contributed by atoms with E-state index in [1.165, 1.54) is 0 Å². The molecule has 0 aliphatic heterocycles. The molecule has 1 rings (SSSR count). The second-order valence-corrected chi connectivity index (χ2v) is 6.97. The normalized spacial score (nSPS) is 15.8. The highest BCUT2D eigenvalue weighted by molar-refractivity contribution is 7.91. The Morgan fingerprint density at radius 2 is 1.88 bits per heavy atom. The molecule has 3 nitrogen and oxygen atoms in total. The molecule has 90 valence electrons. The van der Waals surface area contributed by atoms with E-state index in [9.17, 15) is 8.42 Å². The van der Waals surface area contributed by atoms with Gasteiger partial charge in [-0.2, -0.15) is 0 Å². The second kappa shape index (κ2) is 4.92. The fourth-order valence-corrected chi connectivity index (χ4v) is 2.50. The van der Waals surface area contributed by atoms with Gasteiger partial charge in [-0.05, 0) is 24.6 Å². The number of sulfone groups is 1. The molecule has 0 fully saturated rings. The van der Waals surface area contributed by atoms with Gasteiger partial charge in [0.2, 0.25) is 0 Å². The topological polar surface area (TPSA) is 60.2 Å². The lowest BCUT2D eigenvalue weighted by Gasteiger charge is -2.19. The monoisotopic (exact) mass is 281 g/mol. The molecule has 2 atom stereocenters. The van der Waals surface area contributed by atoms with E-state index in [4.69, 9.17) is 28.9 Å². The van der Waals surface area contributed by atoms with Crippen molar-refractivity contribution in [1.82, 2.24) is 0 Å². The van der Waals surface area contributed by atoms with Crippen LogP contribution in [0, 0.1) is 0 Å². The van der Waals surface area contributed by atoms with E-state index in [2.05, 4.69) is 0 Å². The van der Waals surface area contributed by atoms with E-state index in [-0.39, 0.29) is 0 Å². The minimum Gasteiger partial charge on any atom is -0.323 e. The highest BCUT2D eigenvalue weighted by atomic mass is 35.5. The van der Waals surface area contributed by atoms with Crippen LogP contribution in [0.15, 0.2) is 18.2 Å². The van der Waals surface area contributed by atoms with Crippen LogP contribution in [0.3, 0.4) is 0 Å². The first-order valence-corrected chi connectivity index (χ1v) is 7.34. The number of hydrogen-bond acceptors (Lipinski definition) is 3. The van der Waals surface area contributed by atoms with Crippen LogP contribution in [-0.4, -0.2) is 19.9 Å². The quantitative estimate of drug-likeness (QED) is 0.926. The summed E-state index contributed by atoms with van der Waals surface area (Å²) in [5.41, 5.74) is 6.46. The molecule has 0 bridgehead atoms. The zero-order chi connectivity index (χ0) is 12.5. The van der Waals surface area contributed by atoms with Crippen molar-refractivity contribution in [3.05, 3.63) is 33.8 Å². The van der Waals surface area contributed by atoms with Crippen LogP contribution >= 0.6 is 23.2 Å². The van der Waals surface area contributed by atoms with E-state index in [1.807, 2.05) is 0 Å². The molecule has 0 aromatic heterocycles. The number of hydrogen-bond donors (Lipinski definition) is 1. The Labute approximate surface area is 105 Å². The van der Waals surface area contributed by atoms with Gasteiger partial charge in [0.1, 0.15) is 0 Å². The largest absolute Gasteiger partial charge is 0.323 e. The number of benzene rings is 1. The van der Waals surface area contributed by atoms with E-state index < -0.39 is 21.1 Å². The average Bonchev–Trinajstić information content (AvgIpc) is 2.14. The molecule has 0 aliphatic carbocycles. The molecule has 1 aromatic carbocycles. The summed E-state index contributed by atoms with van der Waals surface area (Å²) in [6, 6.07) is 4.18. The Morgan fingerprint density at radius 3 is 2.31 bits per heavy atom. The van der Waals surface area contributed by atoms with E-state index >= 15 is 0 Å². The minimum absolute atomic E-state index is 0.385. The van der Waals surface area contributed by atoms with E-state index in [0.29, 0.717) is 15.6 Å². The Hall–Kier alpha value is -0.290. The molecule has 0 saturated heterocycles. The van der Waals surface area contributed by atoms with Crippen molar-refractivity contribution >= 4 is 33.0 Å². The highest BCUT2D eigenvalue weighted by Gasteiger charge is 2.25. The minimum atomic E-state index is -3.19. The maximum absolute atomic E-state index is 11.4. The van der Waals surface area contributed by atoms with Crippen molar-refractivity contribution in [1.29, 1.82) is 0 Å². The van der Waals surface area contributed by atoms with Crippen LogP contribution in [0.2, 0.25) is 10.0 Å². The highest BCUT2D eigenvalue weighted by Crippen LogP contribution is 2.28. The van der Waals surface area contributed by atoms with Crippen molar-refractivity contribution < 1.29 is 8.42 Å². The number of nitrogens with two attached hydrogens (primary N) is 1. The lowest BCUT2D eigenvalue weighted by Crippen LogP contribution is -2.30. The van der Waals surface area contributed by atoms with E-state index in [1.54, 1.807) is 25.1 Å². The Kier molecular flexibility index (Phi) is 4.23. The Bertz CT molecular complexity index is 488. The molecule has 6 heteroatoms. The third kappa shape index (κ3) is 3.10. The first-order chi connectivity index (χ1) is 7.23. The average molecular weight is 282 g/mol. The predicted molar refractivity (Wildman–Crippen MR) is 67.7 cm³/mol. The second-order valence-electron chi connectivity index (χ2n) is 3.73. The van der Waals surface area contributed by atoms with E-state index in [0.717, 1.165) is 6.26 Å². The van der Waals surface area contributed by atoms with Crippen LogP contribution in [0.4, 0.5) is 0 Å². The molecule has 0 unspecified atom stereocenters. The van der Waals surface area contributed by atoms with Crippen LogP contribution in [0.25, 0.3) is 0 Å². The molecule has 0 radical (unpaired) electrons. The van der Waals surface area contributed by atoms with Gasteiger partial charge in [-0.25, -0.2) is 8.42 Å². The molecule has 1 aromatic rings. The summed E-state index contributed by atoms with van der Waals surface area (Å²) >= 11 is 11.7. The molecule has 0 aliphatic rings. The predicted octanol–water partition coefficient (Wildman–Crippen LogP) is 2.43. The smallest absolute Gasteiger partial charge is 0.151 e. The zero-order valence-electron chi connectivity index (χ0n) is 8.94. The Balaban J connectivity index is 3.10. The summed E-state index contributed by atoms with van der Waals surface area (Å²) < 4.78 is 22.8. The zero-order valence-corrected chi connectivity index (χ0v) is 11.3. The van der Waals surface area contributed by atoms with Gasteiger partial charge in [0.25, 0.3) is 0 Å². The summed E-state index contributed by atoms with van der Waals surface area (Å²) in [5, 5.41) is 0.189. The molecule has 0 saturated carbocycles. The van der Waals surface area contributed by atoms with Gasteiger partial charge in [0, 0.05) is 22.3 Å². The van der Waals surface area contributed by atoms with Crippen LogP contribution in [-0.2, 0) is 9.84 Å². The summed E-state index contributed by atoms with van der Waals surface area (Å²) in [6.45, 7) is 1.56. The van der Waals surface area contributed by atoms with Gasteiger partial charge < -0.3 is 5.73 Å². The molecular formula is C10H13Cl2NO2S. The fraction of sp³-hybridized carbons (Fsp3) is 0.400. The molecule has 0 spiro atoms. The number of halogens is 2. The van der Waals surface area contributed by atoms with Crippen molar-refractivity contribution in [3.63, 3.8) is 0 Å². The van der Waals surface area contributed by atoms with Gasteiger partial charge in [-0.15, -0.1) is 0 Å². The van der Waals surface area contributed by atoms with Gasteiger partial charge in [0.15, 0.2) is 9.84 Å². The van der Waals surface area contributed by atoms with Gasteiger partial charge in [-0.1, -0.05) is 29.3 Å². The molecule has 0 heterocycles. The van der Waals surface area contributed by atoms with Crippen LogP contribution < -0.4 is 5.73 Å². The van der Waals surface area contributed by atoms with Gasteiger partial charge in [0.05, 0.1) is 5.25 Å². The SMILES string of the molecule is C[C@@H]([C@H](N)c1ccc(Cl)cc1Cl)S(C)(=O)=O. The maximum Gasteiger partial charge on any atom is 0.151 e. The summed E-state index contributed by atoms with van der Waals surface area (Å²) in [7, 11) is -3.19. The Morgan fingerprint density at radius 1 is 1.31 bits per heavy atom. The summed E-state index contributed by atoms with van der Waals surface area (Å²) in [4.78, 5) is 0. The molecule has 16 heavy (non-hydrogen) atoms. The fourth-order valence-electron chi connectivity index (χ4n) is 1.29. The third-order valence-corrected chi connectivity index (χ3v) is 4.71. The maximum atomic E-state index is 11.4. The van der Waals surface area contributed by atoms with Crippen LogP contribution in [0.1, 0.15) is 18.5 Å². The lowest BCUT2D eigenvalue weighted by atomic mass is 10.1. The molecule has 2 N–H and O–H groups in total. The standard InChI is InChI=1S/C10H13Cl2NO2S/c1-6(16(2,14)15)10(13)8-4-3-7(11)5-9(8)12/h3-6,10H,13H2,1-2H3/t6-,10-/m0/s1. The van der Waals surface area contributed by atoms with Gasteiger partial charge >= 0.3 is 0 Å². The number of rotatable bonds is 3. The van der Waals surface area contributed by atoms with Crippen molar-refractivity contribution in [2.75, 3.05) is 6.26 Å². The molecular weight excluding hydrogens is 269 g/mol. The first-order valence-electron chi connectivity index (χ1n) is 4.63. The van der Waals surface area contributed by atoms with Crippen molar-refractivity contribution in [2.45, 2.75) is 18.2 Å². The molecule has 0 amide bonds. The summed E-state index contributed by atoms with van der Waals surface area (Å²) in [6.07, 6.45) is 1.15. The third-order valence-electron chi connectivity index (χ3n) is 2.50. The van der Waals surface area contributed by atoms with Crippen molar-refractivity contribution in [2.24, 2.45) is 5.73 Å². The van der Waals surface area contributed by atoms with Gasteiger partial charge in [-0.3, -0.25) is 0 Å². The lowest BCUT2D eigenvalue weighted by molar-refractivity contribution is 0.571. The van der Waals surface area contributed by atoms with Crippen molar-refractivity contribution in [3.8, 4) is 0 Å². The van der Waals surface area contributed by atoms with Crippen LogP contribution in [0.5, 0.6) is 0 Å².